The largest absolute Gasteiger partial charge is 0.352 e. The number of hydrogen-bond acceptors (Lipinski definition) is 2. The number of halogens is 1. The molecule has 2 aromatic rings. The predicted octanol–water partition coefficient (Wildman–Crippen LogP) is 4.41. The highest BCUT2D eigenvalue weighted by atomic mass is 79.9. The Morgan fingerprint density at radius 2 is 1.85 bits per heavy atom. The molecule has 0 aliphatic heterocycles. The van der Waals surface area contributed by atoms with Gasteiger partial charge in [-0.05, 0) is 66.4 Å². The van der Waals surface area contributed by atoms with Crippen LogP contribution in [-0.4, -0.2) is 12.5 Å². The van der Waals surface area contributed by atoms with Crippen molar-refractivity contribution in [2.24, 2.45) is 0 Å². The maximum atomic E-state index is 12.3. The molecule has 0 fully saturated rings. The number of rotatable bonds is 4. The summed E-state index contributed by atoms with van der Waals surface area (Å²) in [5.41, 5.74) is 4.08. The van der Waals surface area contributed by atoms with E-state index in [1.807, 2.05) is 19.9 Å². The van der Waals surface area contributed by atoms with Crippen LogP contribution in [0.25, 0.3) is 0 Å². The molecule has 2 nitrogen and oxygen atoms in total. The van der Waals surface area contributed by atoms with E-state index in [2.05, 4.69) is 46.4 Å². The lowest BCUT2D eigenvalue weighted by molar-refractivity contribution is 0.0953. The topological polar surface area (TPSA) is 29.1 Å². The van der Waals surface area contributed by atoms with E-state index < -0.39 is 0 Å². The van der Waals surface area contributed by atoms with Gasteiger partial charge < -0.3 is 5.32 Å². The van der Waals surface area contributed by atoms with Crippen LogP contribution in [0.1, 0.15) is 31.9 Å². The Bertz CT molecular complexity index is 610. The van der Waals surface area contributed by atoms with Crippen molar-refractivity contribution in [2.75, 3.05) is 6.54 Å². The Labute approximate surface area is 132 Å². The van der Waals surface area contributed by atoms with Gasteiger partial charge in [-0.3, -0.25) is 4.79 Å². The summed E-state index contributed by atoms with van der Waals surface area (Å²) >= 11 is 5.16. The summed E-state index contributed by atoms with van der Waals surface area (Å²) in [6.45, 7) is 6.70. The van der Waals surface area contributed by atoms with Crippen molar-refractivity contribution < 1.29 is 4.79 Å². The molecule has 0 aliphatic carbocycles. The maximum Gasteiger partial charge on any atom is 0.251 e. The van der Waals surface area contributed by atoms with Crippen LogP contribution >= 0.6 is 27.3 Å². The number of carbonyl (C=O) groups is 1. The van der Waals surface area contributed by atoms with Gasteiger partial charge in [0.25, 0.3) is 5.91 Å². The second-order valence-electron chi connectivity index (χ2n) is 4.99. The second-order valence-corrected chi connectivity index (χ2v) is 7.53. The molecule has 1 heterocycles. The summed E-state index contributed by atoms with van der Waals surface area (Å²) in [4.78, 5) is 13.5. The molecule has 106 valence electrons. The van der Waals surface area contributed by atoms with E-state index in [-0.39, 0.29) is 5.91 Å². The first kappa shape index (κ1) is 15.3. The first-order valence-electron chi connectivity index (χ1n) is 6.57. The highest BCUT2D eigenvalue weighted by molar-refractivity contribution is 9.11. The first-order chi connectivity index (χ1) is 9.47. The molecule has 0 saturated heterocycles. The summed E-state index contributed by atoms with van der Waals surface area (Å²) in [7, 11) is 0. The smallest absolute Gasteiger partial charge is 0.251 e. The molecular formula is C16H18BrNOS. The molecule has 20 heavy (non-hydrogen) atoms. The predicted molar refractivity (Wildman–Crippen MR) is 88.7 cm³/mol. The van der Waals surface area contributed by atoms with Gasteiger partial charge in [0.2, 0.25) is 0 Å². The summed E-state index contributed by atoms with van der Waals surface area (Å²) in [5, 5.41) is 3.01. The number of aryl methyl sites for hydroxylation is 3. The fourth-order valence-corrected chi connectivity index (χ4v) is 3.89. The number of carbonyl (C=O) groups excluding carboxylic acids is 1. The number of amides is 1. The third-order valence-corrected chi connectivity index (χ3v) is 4.87. The molecule has 0 bridgehead atoms. The molecule has 0 spiro atoms. The summed E-state index contributed by atoms with van der Waals surface area (Å²) in [5.74, 6) is 0.0237. The van der Waals surface area contributed by atoms with Gasteiger partial charge >= 0.3 is 0 Å². The van der Waals surface area contributed by atoms with Crippen molar-refractivity contribution >= 4 is 33.2 Å². The quantitative estimate of drug-likeness (QED) is 0.868. The van der Waals surface area contributed by atoms with Crippen LogP contribution in [0.3, 0.4) is 0 Å². The molecule has 1 aromatic carbocycles. The molecule has 1 amide bonds. The van der Waals surface area contributed by atoms with Crippen LogP contribution in [0.2, 0.25) is 0 Å². The minimum absolute atomic E-state index is 0.0237. The lowest BCUT2D eigenvalue weighted by atomic mass is 9.99. The van der Waals surface area contributed by atoms with Crippen LogP contribution in [0.4, 0.5) is 0 Å². The SMILES string of the molecule is Cc1cc(C)c(C(=O)NCCc2ccc(Br)s2)c(C)c1. The van der Waals surface area contributed by atoms with Gasteiger partial charge in [0.15, 0.2) is 0 Å². The van der Waals surface area contributed by atoms with Crippen LogP contribution in [-0.2, 0) is 6.42 Å². The van der Waals surface area contributed by atoms with Gasteiger partial charge in [-0.25, -0.2) is 0 Å². The molecule has 0 aliphatic rings. The van der Waals surface area contributed by atoms with Crippen molar-refractivity contribution in [1.82, 2.24) is 5.32 Å². The molecular weight excluding hydrogens is 334 g/mol. The second kappa shape index (κ2) is 6.55. The van der Waals surface area contributed by atoms with Gasteiger partial charge in [-0.1, -0.05) is 17.7 Å². The fourth-order valence-electron chi connectivity index (χ4n) is 2.41. The Hall–Kier alpha value is -1.13. The van der Waals surface area contributed by atoms with Crippen molar-refractivity contribution in [3.05, 3.63) is 55.2 Å². The van der Waals surface area contributed by atoms with E-state index in [1.165, 1.54) is 10.4 Å². The van der Waals surface area contributed by atoms with E-state index in [9.17, 15) is 4.79 Å². The van der Waals surface area contributed by atoms with Gasteiger partial charge in [-0.2, -0.15) is 0 Å². The fraction of sp³-hybridized carbons (Fsp3) is 0.312. The average Bonchev–Trinajstić information content (AvgIpc) is 2.73. The number of nitrogens with one attached hydrogen (secondary N) is 1. The lowest BCUT2D eigenvalue weighted by Crippen LogP contribution is -2.27. The van der Waals surface area contributed by atoms with E-state index in [0.717, 1.165) is 26.9 Å². The first-order valence-corrected chi connectivity index (χ1v) is 8.18. The molecule has 0 radical (unpaired) electrons. The molecule has 1 N–H and O–H groups in total. The number of thiophene rings is 1. The van der Waals surface area contributed by atoms with Gasteiger partial charge in [-0.15, -0.1) is 11.3 Å². The standard InChI is InChI=1S/C16H18BrNOS/c1-10-8-11(2)15(12(3)9-10)16(19)18-7-6-13-4-5-14(17)20-13/h4-5,8-9H,6-7H2,1-3H3,(H,18,19). The zero-order valence-corrected chi connectivity index (χ0v) is 14.3. The summed E-state index contributed by atoms with van der Waals surface area (Å²) in [6, 6.07) is 8.23. The van der Waals surface area contributed by atoms with Crippen LogP contribution in [0.5, 0.6) is 0 Å². The van der Waals surface area contributed by atoms with Gasteiger partial charge in [0.05, 0.1) is 3.79 Å². The molecule has 0 atom stereocenters. The molecule has 2 rings (SSSR count). The Morgan fingerprint density at radius 3 is 2.40 bits per heavy atom. The van der Waals surface area contributed by atoms with E-state index >= 15 is 0 Å². The van der Waals surface area contributed by atoms with Crippen LogP contribution < -0.4 is 5.32 Å². The summed E-state index contributed by atoms with van der Waals surface area (Å²) in [6.07, 6.45) is 0.867. The third kappa shape index (κ3) is 3.70. The van der Waals surface area contributed by atoms with E-state index in [0.29, 0.717) is 6.54 Å². The molecule has 1 aromatic heterocycles. The van der Waals surface area contributed by atoms with Crippen molar-refractivity contribution in [1.29, 1.82) is 0 Å². The highest BCUT2D eigenvalue weighted by Gasteiger charge is 2.12. The molecule has 0 unspecified atom stereocenters. The molecule has 0 saturated carbocycles. The third-order valence-electron chi connectivity index (χ3n) is 3.19. The highest BCUT2D eigenvalue weighted by Crippen LogP contribution is 2.22. The minimum atomic E-state index is 0.0237. The van der Waals surface area contributed by atoms with Gasteiger partial charge in [0.1, 0.15) is 0 Å². The Morgan fingerprint density at radius 1 is 1.20 bits per heavy atom. The van der Waals surface area contributed by atoms with Crippen LogP contribution in [0.15, 0.2) is 28.1 Å². The zero-order valence-electron chi connectivity index (χ0n) is 11.9. The Kier molecular flexibility index (Phi) is 5.00. The number of benzene rings is 1. The lowest BCUT2D eigenvalue weighted by Gasteiger charge is -2.11. The summed E-state index contributed by atoms with van der Waals surface area (Å²) < 4.78 is 1.13. The minimum Gasteiger partial charge on any atom is -0.352 e. The van der Waals surface area contributed by atoms with Crippen molar-refractivity contribution in [3.8, 4) is 0 Å². The van der Waals surface area contributed by atoms with E-state index in [4.69, 9.17) is 0 Å². The Balaban J connectivity index is 1.98. The monoisotopic (exact) mass is 351 g/mol. The molecule has 4 heteroatoms. The zero-order chi connectivity index (χ0) is 14.7. The average molecular weight is 352 g/mol. The van der Waals surface area contributed by atoms with Crippen molar-refractivity contribution in [2.45, 2.75) is 27.2 Å². The van der Waals surface area contributed by atoms with Crippen LogP contribution in [0, 0.1) is 20.8 Å². The van der Waals surface area contributed by atoms with Gasteiger partial charge in [0, 0.05) is 17.0 Å². The van der Waals surface area contributed by atoms with E-state index in [1.54, 1.807) is 11.3 Å². The maximum absolute atomic E-state index is 12.3. The number of hydrogen-bond donors (Lipinski definition) is 1. The van der Waals surface area contributed by atoms with Crippen molar-refractivity contribution in [3.63, 3.8) is 0 Å². The normalized spacial score (nSPS) is 10.6.